The summed E-state index contributed by atoms with van der Waals surface area (Å²) in [6.07, 6.45) is 4.97. The van der Waals surface area contributed by atoms with Crippen molar-refractivity contribution >= 4 is 17.9 Å². The number of hydrogen-bond acceptors (Lipinski definition) is 5. The van der Waals surface area contributed by atoms with Crippen LogP contribution >= 0.6 is 0 Å². The third-order valence-electron chi connectivity index (χ3n) is 5.13. The lowest BCUT2D eigenvalue weighted by Crippen LogP contribution is -2.29. The lowest BCUT2D eigenvalue weighted by atomic mass is 9.73. The van der Waals surface area contributed by atoms with Crippen LogP contribution in [0.5, 0.6) is 0 Å². The van der Waals surface area contributed by atoms with Crippen LogP contribution in [-0.4, -0.2) is 24.5 Å². The van der Waals surface area contributed by atoms with Gasteiger partial charge in [-0.05, 0) is 30.6 Å². The van der Waals surface area contributed by atoms with Gasteiger partial charge in [-0.25, -0.2) is 0 Å². The van der Waals surface area contributed by atoms with Crippen molar-refractivity contribution in [3.63, 3.8) is 0 Å². The summed E-state index contributed by atoms with van der Waals surface area (Å²) in [5.41, 5.74) is -0.225. The molecule has 3 rings (SSSR count). The van der Waals surface area contributed by atoms with Gasteiger partial charge in [-0.15, -0.1) is 0 Å². The first-order valence-electron chi connectivity index (χ1n) is 7.08. The summed E-state index contributed by atoms with van der Waals surface area (Å²) >= 11 is 0. The number of esters is 3. The number of carbonyl (C=O) groups excluding carboxylic acids is 3. The second-order valence-electron chi connectivity index (χ2n) is 6.04. The van der Waals surface area contributed by atoms with Crippen LogP contribution in [0.15, 0.2) is 12.2 Å². The van der Waals surface area contributed by atoms with Crippen molar-refractivity contribution in [1.29, 1.82) is 0 Å². The maximum Gasteiger partial charge on any atom is 0.318 e. The van der Waals surface area contributed by atoms with Gasteiger partial charge >= 0.3 is 17.9 Å². The van der Waals surface area contributed by atoms with Crippen molar-refractivity contribution < 1.29 is 23.9 Å². The molecular formula is C15H18O5. The highest BCUT2D eigenvalue weighted by Crippen LogP contribution is 2.63. The number of ether oxygens (including phenoxy) is 2. The molecule has 108 valence electrons. The fourth-order valence-corrected chi connectivity index (χ4v) is 4.17. The van der Waals surface area contributed by atoms with E-state index in [2.05, 4.69) is 6.92 Å². The highest BCUT2D eigenvalue weighted by molar-refractivity contribution is 5.98. The number of carbonyl (C=O) groups is 3. The van der Waals surface area contributed by atoms with E-state index >= 15 is 0 Å². The molecule has 1 aliphatic heterocycles. The molecule has 0 radical (unpaired) electrons. The Morgan fingerprint density at radius 3 is 2.30 bits per heavy atom. The van der Waals surface area contributed by atoms with Gasteiger partial charge in [0.05, 0.1) is 18.4 Å². The number of allylic oxidation sites excluding steroid dienone is 2. The van der Waals surface area contributed by atoms with E-state index in [4.69, 9.17) is 9.47 Å². The summed E-state index contributed by atoms with van der Waals surface area (Å²) in [6, 6.07) is 0. The zero-order valence-electron chi connectivity index (χ0n) is 11.6. The van der Waals surface area contributed by atoms with Crippen molar-refractivity contribution in [2.24, 2.45) is 29.1 Å². The molecule has 0 N–H and O–H groups in total. The van der Waals surface area contributed by atoms with Crippen LogP contribution in [0.2, 0.25) is 0 Å². The topological polar surface area (TPSA) is 69.7 Å². The molecule has 5 heteroatoms. The van der Waals surface area contributed by atoms with Gasteiger partial charge in [0.15, 0.2) is 0 Å². The number of rotatable bonds is 4. The average Bonchev–Trinajstić information content (AvgIpc) is 2.97. The molecule has 0 aromatic rings. The molecule has 2 aliphatic carbocycles. The van der Waals surface area contributed by atoms with Gasteiger partial charge in [0.1, 0.15) is 0 Å². The van der Waals surface area contributed by atoms with Gasteiger partial charge in [-0.1, -0.05) is 19.1 Å². The molecule has 3 aliphatic rings. The zero-order chi connectivity index (χ0) is 14.5. The molecular weight excluding hydrogens is 260 g/mol. The van der Waals surface area contributed by atoms with E-state index in [9.17, 15) is 14.4 Å². The molecule has 0 amide bonds. The van der Waals surface area contributed by atoms with Crippen LogP contribution in [0.25, 0.3) is 0 Å². The van der Waals surface area contributed by atoms with Crippen LogP contribution in [0.4, 0.5) is 0 Å². The van der Waals surface area contributed by atoms with Crippen LogP contribution in [0.3, 0.4) is 0 Å². The maximum absolute atomic E-state index is 11.8. The first-order chi connectivity index (χ1) is 9.49. The summed E-state index contributed by atoms with van der Waals surface area (Å²) in [4.78, 5) is 35.2. The van der Waals surface area contributed by atoms with Gasteiger partial charge in [-0.2, -0.15) is 0 Å². The Hall–Kier alpha value is -1.65. The second-order valence-corrected chi connectivity index (χ2v) is 6.04. The minimum Gasteiger partial charge on any atom is -0.466 e. The van der Waals surface area contributed by atoms with Crippen LogP contribution in [0, 0.1) is 29.1 Å². The van der Waals surface area contributed by atoms with Gasteiger partial charge in [0.2, 0.25) is 0 Å². The minimum atomic E-state index is -0.404. The monoisotopic (exact) mass is 278 g/mol. The molecule has 5 nitrogen and oxygen atoms in total. The minimum absolute atomic E-state index is 0.00845. The maximum atomic E-state index is 11.8. The molecule has 1 unspecified atom stereocenters. The van der Waals surface area contributed by atoms with Crippen LogP contribution in [0.1, 0.15) is 26.7 Å². The van der Waals surface area contributed by atoms with E-state index in [1.165, 1.54) is 0 Å². The summed E-state index contributed by atoms with van der Waals surface area (Å²) in [6.45, 7) is 4.21. The number of fused-ring (bicyclic) bond motifs is 5. The Kier molecular flexibility index (Phi) is 2.96. The van der Waals surface area contributed by atoms with Gasteiger partial charge in [0.25, 0.3) is 0 Å². The summed E-state index contributed by atoms with van der Waals surface area (Å²) < 4.78 is 9.71. The fourth-order valence-electron chi connectivity index (χ4n) is 4.17. The predicted octanol–water partition coefficient (Wildman–Crippen LogP) is 1.47. The average molecular weight is 278 g/mol. The molecule has 1 saturated carbocycles. The van der Waals surface area contributed by atoms with Crippen molar-refractivity contribution in [3.05, 3.63) is 12.2 Å². The first kappa shape index (κ1) is 13.3. The molecule has 1 heterocycles. The standard InChI is InChI=1S/C15H18O5/c1-3-19-10(16)6-7-15(2)8-4-5-9(15)12-11(8)13(17)20-14(12)18/h4-5,8-9,11-12H,3,6-7H2,1-2H3/t8-,9+,11+,12-,15?. The SMILES string of the molecule is CCOC(=O)CCC1(C)[C@@H]2C=C[C@H]1[C@H]1C(=O)OC(=O)[C@H]12. The Balaban J connectivity index is 1.78. The number of cyclic esters (lactones) is 2. The van der Waals surface area contributed by atoms with Gasteiger partial charge in [-0.3, -0.25) is 14.4 Å². The van der Waals surface area contributed by atoms with Crippen molar-refractivity contribution in [2.75, 3.05) is 6.61 Å². The highest BCUT2D eigenvalue weighted by Gasteiger charge is 2.67. The predicted molar refractivity (Wildman–Crippen MR) is 68.2 cm³/mol. The Morgan fingerprint density at radius 1 is 1.25 bits per heavy atom. The summed E-state index contributed by atoms with van der Waals surface area (Å²) in [5, 5.41) is 0. The molecule has 0 spiro atoms. The Bertz CT molecular complexity index is 476. The lowest BCUT2D eigenvalue weighted by molar-refractivity contribution is -0.155. The molecule has 20 heavy (non-hydrogen) atoms. The van der Waals surface area contributed by atoms with E-state index in [0.29, 0.717) is 19.4 Å². The lowest BCUT2D eigenvalue weighted by Gasteiger charge is -2.31. The largest absolute Gasteiger partial charge is 0.466 e. The van der Waals surface area contributed by atoms with E-state index in [-0.39, 0.29) is 35.1 Å². The molecule has 0 aromatic heterocycles. The zero-order valence-corrected chi connectivity index (χ0v) is 11.6. The van der Waals surface area contributed by atoms with E-state index in [1.807, 2.05) is 12.2 Å². The van der Waals surface area contributed by atoms with Crippen molar-refractivity contribution in [3.8, 4) is 0 Å². The van der Waals surface area contributed by atoms with E-state index in [1.54, 1.807) is 6.92 Å². The fraction of sp³-hybridized carbons (Fsp3) is 0.667. The first-order valence-corrected chi connectivity index (χ1v) is 7.08. The van der Waals surface area contributed by atoms with Crippen LogP contribution < -0.4 is 0 Å². The smallest absolute Gasteiger partial charge is 0.318 e. The second kappa shape index (κ2) is 4.43. The highest BCUT2D eigenvalue weighted by atomic mass is 16.6. The Labute approximate surface area is 117 Å². The van der Waals surface area contributed by atoms with Crippen molar-refractivity contribution in [2.45, 2.75) is 26.7 Å². The van der Waals surface area contributed by atoms with Crippen LogP contribution in [-0.2, 0) is 23.9 Å². The van der Waals surface area contributed by atoms with Gasteiger partial charge < -0.3 is 9.47 Å². The van der Waals surface area contributed by atoms with E-state index in [0.717, 1.165) is 0 Å². The molecule has 0 aromatic carbocycles. The van der Waals surface area contributed by atoms with Crippen molar-refractivity contribution in [1.82, 2.24) is 0 Å². The number of hydrogen-bond donors (Lipinski definition) is 0. The van der Waals surface area contributed by atoms with Gasteiger partial charge in [0, 0.05) is 6.42 Å². The van der Waals surface area contributed by atoms with E-state index < -0.39 is 11.9 Å². The third-order valence-corrected chi connectivity index (χ3v) is 5.13. The molecule has 2 fully saturated rings. The molecule has 1 saturated heterocycles. The third kappa shape index (κ3) is 1.65. The quantitative estimate of drug-likeness (QED) is 0.442. The summed E-state index contributed by atoms with van der Waals surface area (Å²) in [7, 11) is 0. The molecule has 2 bridgehead atoms. The molecule has 5 atom stereocenters. The Morgan fingerprint density at radius 2 is 1.80 bits per heavy atom. The normalized spacial score (nSPS) is 40.9. The summed E-state index contributed by atoms with van der Waals surface area (Å²) in [5.74, 6) is -1.76.